The van der Waals surface area contributed by atoms with Crippen LogP contribution in [-0.2, 0) is 16.1 Å². The number of rotatable bonds is 2. The molecule has 2 atom stereocenters. The van der Waals surface area contributed by atoms with Crippen LogP contribution in [0.5, 0.6) is 0 Å². The normalized spacial score (nSPS) is 26.1. The van der Waals surface area contributed by atoms with E-state index in [1.807, 2.05) is 12.1 Å². The van der Waals surface area contributed by atoms with Crippen molar-refractivity contribution in [3.8, 4) is 0 Å². The van der Waals surface area contributed by atoms with Gasteiger partial charge in [0.1, 0.15) is 0 Å². The highest BCUT2D eigenvalue weighted by Crippen LogP contribution is 2.40. The molecule has 1 saturated carbocycles. The molecule has 4 nitrogen and oxygen atoms in total. The fourth-order valence-electron chi connectivity index (χ4n) is 3.12. The van der Waals surface area contributed by atoms with E-state index in [9.17, 15) is 9.59 Å². The molecule has 19 heavy (non-hydrogen) atoms. The smallest absolute Gasteiger partial charge is 0.233 e. The summed E-state index contributed by atoms with van der Waals surface area (Å²) in [5.41, 5.74) is 7.34. The number of benzene rings is 1. The Bertz CT molecular complexity index is 516. The van der Waals surface area contributed by atoms with Crippen LogP contribution >= 0.6 is 15.9 Å². The summed E-state index contributed by atoms with van der Waals surface area (Å²) in [7, 11) is 0. The van der Waals surface area contributed by atoms with E-state index in [1.165, 1.54) is 4.90 Å². The number of hydrogen-bond donors (Lipinski definition) is 1. The molecule has 2 unspecified atom stereocenters. The highest BCUT2D eigenvalue weighted by Gasteiger charge is 2.49. The van der Waals surface area contributed by atoms with Gasteiger partial charge < -0.3 is 5.73 Å². The first-order valence-corrected chi connectivity index (χ1v) is 7.27. The van der Waals surface area contributed by atoms with Crippen LogP contribution in [0.15, 0.2) is 22.7 Å². The van der Waals surface area contributed by atoms with Crippen LogP contribution in [-0.4, -0.2) is 16.7 Å². The number of nitrogens with zero attached hydrogens (tertiary/aromatic N) is 1. The zero-order valence-corrected chi connectivity index (χ0v) is 12.0. The van der Waals surface area contributed by atoms with E-state index >= 15 is 0 Å². The maximum atomic E-state index is 12.3. The molecule has 5 heteroatoms. The number of fused-ring (bicyclic) bond motifs is 1. The highest BCUT2D eigenvalue weighted by atomic mass is 79.9. The predicted octanol–water partition coefficient (Wildman–Crippen LogP) is 2.32. The summed E-state index contributed by atoms with van der Waals surface area (Å²) >= 11 is 3.43. The second-order valence-corrected chi connectivity index (χ2v) is 6.07. The molecule has 2 amide bonds. The lowest BCUT2D eigenvalue weighted by Crippen LogP contribution is -2.31. The minimum Gasteiger partial charge on any atom is -0.398 e. The molecule has 2 N–H and O–H groups in total. The number of likely N-dealkylation sites (tertiary alicyclic amines) is 1. The number of carbonyl (C=O) groups is 2. The van der Waals surface area contributed by atoms with Crippen molar-refractivity contribution in [3.63, 3.8) is 0 Å². The number of imide groups is 1. The number of halogens is 1. The Kier molecular flexibility index (Phi) is 3.09. The van der Waals surface area contributed by atoms with Gasteiger partial charge in [0.05, 0.1) is 18.4 Å². The summed E-state index contributed by atoms with van der Waals surface area (Å²) in [6.45, 7) is 0.276. The van der Waals surface area contributed by atoms with Crippen molar-refractivity contribution >= 4 is 33.4 Å². The maximum Gasteiger partial charge on any atom is 0.233 e. The van der Waals surface area contributed by atoms with E-state index in [0.29, 0.717) is 5.69 Å². The first kappa shape index (κ1) is 12.7. The second kappa shape index (κ2) is 4.63. The number of amides is 2. The lowest BCUT2D eigenvalue weighted by molar-refractivity contribution is -0.141. The number of anilines is 1. The van der Waals surface area contributed by atoms with Gasteiger partial charge in [-0.2, -0.15) is 0 Å². The molecular weight excluding hydrogens is 308 g/mol. The molecular formula is C14H15BrN2O2. The highest BCUT2D eigenvalue weighted by molar-refractivity contribution is 9.10. The van der Waals surface area contributed by atoms with Crippen molar-refractivity contribution in [3.05, 3.63) is 28.2 Å². The fourth-order valence-corrected chi connectivity index (χ4v) is 3.62. The van der Waals surface area contributed by atoms with E-state index in [2.05, 4.69) is 15.9 Å². The summed E-state index contributed by atoms with van der Waals surface area (Å²) in [6, 6.07) is 5.49. The van der Waals surface area contributed by atoms with E-state index in [0.717, 1.165) is 29.3 Å². The Morgan fingerprint density at radius 2 is 1.84 bits per heavy atom. The summed E-state index contributed by atoms with van der Waals surface area (Å²) in [5.74, 6) is -0.224. The van der Waals surface area contributed by atoms with E-state index in [1.54, 1.807) is 6.07 Å². The molecule has 1 aliphatic heterocycles. The van der Waals surface area contributed by atoms with Crippen LogP contribution in [0.2, 0.25) is 0 Å². The van der Waals surface area contributed by atoms with Gasteiger partial charge in [-0.25, -0.2) is 0 Å². The standard InChI is InChI=1S/C14H15BrN2O2/c15-11-5-2-6-12(16)10(11)7-17-13(18)8-3-1-4-9(8)14(17)19/h2,5-6,8-9H,1,3-4,7,16H2. The first-order valence-electron chi connectivity index (χ1n) is 6.47. The number of nitrogen functional groups attached to an aromatic ring is 1. The molecule has 1 aromatic rings. The number of hydrogen-bond acceptors (Lipinski definition) is 3. The molecule has 0 spiro atoms. The Morgan fingerprint density at radius 3 is 2.42 bits per heavy atom. The maximum absolute atomic E-state index is 12.3. The molecule has 0 bridgehead atoms. The third kappa shape index (κ3) is 1.96. The zero-order valence-electron chi connectivity index (χ0n) is 10.4. The topological polar surface area (TPSA) is 63.4 Å². The Labute approximate surface area is 120 Å². The van der Waals surface area contributed by atoms with Gasteiger partial charge in [-0.15, -0.1) is 0 Å². The van der Waals surface area contributed by atoms with Crippen LogP contribution in [0, 0.1) is 11.8 Å². The minimum absolute atomic E-state index is 0.0253. The summed E-state index contributed by atoms with van der Waals surface area (Å²) in [5, 5.41) is 0. The van der Waals surface area contributed by atoms with Crippen LogP contribution in [0.4, 0.5) is 5.69 Å². The van der Waals surface area contributed by atoms with Gasteiger partial charge in [-0.3, -0.25) is 14.5 Å². The van der Waals surface area contributed by atoms with Crippen LogP contribution in [0.1, 0.15) is 24.8 Å². The molecule has 1 aromatic carbocycles. The van der Waals surface area contributed by atoms with Crippen molar-refractivity contribution in [1.82, 2.24) is 4.90 Å². The SMILES string of the molecule is Nc1cccc(Br)c1CN1C(=O)C2CCCC2C1=O. The van der Waals surface area contributed by atoms with Crippen molar-refractivity contribution in [2.75, 3.05) is 5.73 Å². The number of nitrogens with two attached hydrogens (primary N) is 1. The first-order chi connectivity index (χ1) is 9.09. The van der Waals surface area contributed by atoms with Gasteiger partial charge in [-0.05, 0) is 25.0 Å². The van der Waals surface area contributed by atoms with E-state index < -0.39 is 0 Å². The molecule has 2 aliphatic rings. The average Bonchev–Trinajstić information content (AvgIpc) is 2.93. The van der Waals surface area contributed by atoms with E-state index in [-0.39, 0.29) is 30.2 Å². The predicted molar refractivity (Wildman–Crippen MR) is 74.9 cm³/mol. The van der Waals surface area contributed by atoms with Crippen LogP contribution in [0.3, 0.4) is 0 Å². The lowest BCUT2D eigenvalue weighted by Gasteiger charge is -2.18. The van der Waals surface area contributed by atoms with Crippen molar-refractivity contribution in [2.24, 2.45) is 11.8 Å². The Hall–Kier alpha value is -1.36. The number of carbonyl (C=O) groups excluding carboxylic acids is 2. The second-order valence-electron chi connectivity index (χ2n) is 5.21. The Morgan fingerprint density at radius 1 is 1.21 bits per heavy atom. The van der Waals surface area contributed by atoms with Gasteiger partial charge in [0.2, 0.25) is 11.8 Å². The summed E-state index contributed by atoms with van der Waals surface area (Å²) in [6.07, 6.45) is 2.67. The van der Waals surface area contributed by atoms with Gasteiger partial charge in [0, 0.05) is 15.7 Å². The van der Waals surface area contributed by atoms with E-state index in [4.69, 9.17) is 5.73 Å². The molecule has 100 valence electrons. The third-order valence-electron chi connectivity index (χ3n) is 4.15. The molecule has 1 saturated heterocycles. The average molecular weight is 323 g/mol. The Balaban J connectivity index is 1.88. The summed E-state index contributed by atoms with van der Waals surface area (Å²) in [4.78, 5) is 25.9. The van der Waals surface area contributed by atoms with Crippen molar-refractivity contribution in [1.29, 1.82) is 0 Å². The largest absolute Gasteiger partial charge is 0.398 e. The quantitative estimate of drug-likeness (QED) is 0.671. The minimum atomic E-state index is -0.0868. The van der Waals surface area contributed by atoms with Crippen molar-refractivity contribution < 1.29 is 9.59 Å². The molecule has 0 radical (unpaired) electrons. The van der Waals surface area contributed by atoms with Crippen LogP contribution < -0.4 is 5.73 Å². The molecule has 2 fully saturated rings. The van der Waals surface area contributed by atoms with Crippen molar-refractivity contribution in [2.45, 2.75) is 25.8 Å². The molecule has 3 rings (SSSR count). The van der Waals surface area contributed by atoms with Crippen LogP contribution in [0.25, 0.3) is 0 Å². The van der Waals surface area contributed by atoms with Gasteiger partial charge >= 0.3 is 0 Å². The molecule has 0 aromatic heterocycles. The molecule has 1 heterocycles. The van der Waals surface area contributed by atoms with Gasteiger partial charge in [-0.1, -0.05) is 28.4 Å². The zero-order chi connectivity index (χ0) is 13.6. The monoisotopic (exact) mass is 322 g/mol. The third-order valence-corrected chi connectivity index (χ3v) is 4.90. The molecule has 1 aliphatic carbocycles. The lowest BCUT2D eigenvalue weighted by atomic mass is 10.00. The van der Waals surface area contributed by atoms with Gasteiger partial charge in [0.15, 0.2) is 0 Å². The summed E-state index contributed by atoms with van der Waals surface area (Å²) < 4.78 is 0.838. The van der Waals surface area contributed by atoms with Gasteiger partial charge in [0.25, 0.3) is 0 Å². The fraction of sp³-hybridized carbons (Fsp3) is 0.429.